The number of nitrogens with zero attached hydrogens (tertiary/aromatic N) is 2. The Morgan fingerprint density at radius 1 is 1.10 bits per heavy atom. The van der Waals surface area contributed by atoms with Crippen LogP contribution in [0.1, 0.15) is 28.8 Å². The van der Waals surface area contributed by atoms with E-state index >= 15 is 0 Å². The highest BCUT2D eigenvalue weighted by atomic mass is 35.5. The Labute approximate surface area is 176 Å². The average molecular weight is 425 g/mol. The number of thiophene rings is 1. The zero-order valence-electron chi connectivity index (χ0n) is 15.6. The summed E-state index contributed by atoms with van der Waals surface area (Å²) >= 11 is 8.07. The highest BCUT2D eigenvalue weighted by Crippen LogP contribution is 2.35. The number of hydrogen-bond donors (Lipinski definition) is 0. The number of aryl methyl sites for hydroxylation is 2. The summed E-state index contributed by atoms with van der Waals surface area (Å²) in [6.45, 7) is 0.241. The number of benzene rings is 2. The Morgan fingerprint density at radius 2 is 1.93 bits per heavy atom. The van der Waals surface area contributed by atoms with E-state index in [1.165, 1.54) is 17.0 Å². The first-order valence-electron chi connectivity index (χ1n) is 9.66. The zero-order chi connectivity index (χ0) is 20.0. The Kier molecular flexibility index (Phi) is 4.72. The van der Waals surface area contributed by atoms with Crippen molar-refractivity contribution in [3.8, 4) is 11.4 Å². The SMILES string of the molecule is O=c1c2c3c(sc2nc(-c2ccccc2Cl)n1Cc1cccc(F)c1)CCCC3. The van der Waals surface area contributed by atoms with Crippen molar-refractivity contribution in [2.24, 2.45) is 0 Å². The molecule has 4 aromatic rings. The van der Waals surface area contributed by atoms with Crippen LogP contribution in [0.25, 0.3) is 21.6 Å². The molecule has 6 heteroatoms. The Bertz CT molecular complexity index is 1290. The van der Waals surface area contributed by atoms with Crippen molar-refractivity contribution in [1.82, 2.24) is 9.55 Å². The molecule has 0 aliphatic heterocycles. The number of aromatic nitrogens is 2. The van der Waals surface area contributed by atoms with Gasteiger partial charge < -0.3 is 0 Å². The highest BCUT2D eigenvalue weighted by molar-refractivity contribution is 7.18. The lowest BCUT2D eigenvalue weighted by Crippen LogP contribution is -2.24. The molecule has 2 aromatic carbocycles. The average Bonchev–Trinajstić information content (AvgIpc) is 3.09. The Hall–Kier alpha value is -2.50. The fourth-order valence-corrected chi connectivity index (χ4v) is 5.52. The van der Waals surface area contributed by atoms with E-state index in [0.29, 0.717) is 22.0 Å². The van der Waals surface area contributed by atoms with Gasteiger partial charge in [0.15, 0.2) is 0 Å². The molecular formula is C23H18ClFN2OS. The lowest BCUT2D eigenvalue weighted by atomic mass is 9.97. The van der Waals surface area contributed by atoms with E-state index in [2.05, 4.69) is 0 Å². The molecule has 0 atom stereocenters. The Balaban J connectivity index is 1.79. The maximum atomic E-state index is 13.8. The van der Waals surface area contributed by atoms with Crippen molar-refractivity contribution in [2.75, 3.05) is 0 Å². The molecule has 3 nitrogen and oxygen atoms in total. The number of rotatable bonds is 3. The van der Waals surface area contributed by atoms with Gasteiger partial charge in [0, 0.05) is 10.4 Å². The second-order valence-corrected chi connectivity index (χ2v) is 8.82. The quantitative estimate of drug-likeness (QED) is 0.413. The maximum absolute atomic E-state index is 13.8. The molecule has 0 unspecified atom stereocenters. The van der Waals surface area contributed by atoms with E-state index < -0.39 is 0 Å². The van der Waals surface area contributed by atoms with Crippen LogP contribution in [0, 0.1) is 5.82 Å². The van der Waals surface area contributed by atoms with Crippen LogP contribution in [0.2, 0.25) is 5.02 Å². The van der Waals surface area contributed by atoms with E-state index in [1.807, 2.05) is 24.3 Å². The molecule has 5 rings (SSSR count). The summed E-state index contributed by atoms with van der Waals surface area (Å²) in [5.74, 6) is 0.202. The third kappa shape index (κ3) is 3.28. The molecule has 0 saturated carbocycles. The summed E-state index contributed by atoms with van der Waals surface area (Å²) in [5.41, 5.74) is 2.49. The molecule has 2 heterocycles. The van der Waals surface area contributed by atoms with Crippen LogP contribution >= 0.6 is 22.9 Å². The van der Waals surface area contributed by atoms with E-state index in [1.54, 1.807) is 28.0 Å². The van der Waals surface area contributed by atoms with Crippen LogP contribution in [0.3, 0.4) is 0 Å². The third-order valence-corrected chi connectivity index (χ3v) is 6.93. The van der Waals surface area contributed by atoms with Gasteiger partial charge in [0.2, 0.25) is 0 Å². The van der Waals surface area contributed by atoms with Gasteiger partial charge in [0.25, 0.3) is 5.56 Å². The van der Waals surface area contributed by atoms with Crippen molar-refractivity contribution < 1.29 is 4.39 Å². The molecule has 1 aliphatic rings. The topological polar surface area (TPSA) is 34.9 Å². The van der Waals surface area contributed by atoms with E-state index in [0.717, 1.165) is 41.5 Å². The summed E-state index contributed by atoms with van der Waals surface area (Å²) < 4.78 is 15.4. The minimum Gasteiger partial charge on any atom is -0.288 e. The summed E-state index contributed by atoms with van der Waals surface area (Å²) in [6, 6.07) is 13.7. The van der Waals surface area contributed by atoms with Gasteiger partial charge in [-0.2, -0.15) is 0 Å². The van der Waals surface area contributed by atoms with Crippen LogP contribution in [-0.4, -0.2) is 9.55 Å². The van der Waals surface area contributed by atoms with E-state index in [-0.39, 0.29) is 17.9 Å². The maximum Gasteiger partial charge on any atom is 0.263 e. The largest absolute Gasteiger partial charge is 0.288 e. The summed E-state index contributed by atoms with van der Waals surface area (Å²) in [6.07, 6.45) is 4.15. The second kappa shape index (κ2) is 7.39. The van der Waals surface area contributed by atoms with Gasteiger partial charge in [-0.05, 0) is 61.1 Å². The standard InChI is InChI=1S/C23H18ClFN2OS/c24-18-10-3-1-8-16(18)21-26-22-20(17-9-2-4-11-19(17)29-22)23(28)27(21)13-14-6-5-7-15(25)12-14/h1,3,5-8,10,12H,2,4,9,11,13H2. The van der Waals surface area contributed by atoms with Crippen LogP contribution in [0.5, 0.6) is 0 Å². The molecule has 0 saturated heterocycles. The summed E-state index contributed by atoms with van der Waals surface area (Å²) in [4.78, 5) is 20.6. The third-order valence-electron chi connectivity index (χ3n) is 5.42. The fraction of sp³-hybridized carbons (Fsp3) is 0.217. The molecule has 146 valence electrons. The zero-order valence-corrected chi connectivity index (χ0v) is 17.2. The smallest absolute Gasteiger partial charge is 0.263 e. The first-order valence-corrected chi connectivity index (χ1v) is 10.9. The predicted octanol–water partition coefficient (Wildman–Crippen LogP) is 5.84. The highest BCUT2D eigenvalue weighted by Gasteiger charge is 2.23. The van der Waals surface area contributed by atoms with Crippen molar-refractivity contribution in [1.29, 1.82) is 0 Å². The summed E-state index contributed by atoms with van der Waals surface area (Å²) in [7, 11) is 0. The van der Waals surface area contributed by atoms with E-state index in [4.69, 9.17) is 16.6 Å². The molecule has 0 fully saturated rings. The van der Waals surface area contributed by atoms with Crippen molar-refractivity contribution >= 4 is 33.2 Å². The minimum atomic E-state index is -0.322. The fourth-order valence-electron chi connectivity index (χ4n) is 4.05. The van der Waals surface area contributed by atoms with Crippen molar-refractivity contribution in [3.63, 3.8) is 0 Å². The molecular weight excluding hydrogens is 407 g/mol. The molecule has 0 N–H and O–H groups in total. The van der Waals surface area contributed by atoms with Gasteiger partial charge in [-0.1, -0.05) is 35.9 Å². The lowest BCUT2D eigenvalue weighted by molar-refractivity contribution is 0.623. The number of hydrogen-bond acceptors (Lipinski definition) is 3. The van der Waals surface area contributed by atoms with Crippen LogP contribution in [0.15, 0.2) is 53.3 Å². The van der Waals surface area contributed by atoms with E-state index in [9.17, 15) is 9.18 Å². The molecule has 0 bridgehead atoms. The van der Waals surface area contributed by atoms with Crippen molar-refractivity contribution in [3.05, 3.63) is 85.7 Å². The molecule has 29 heavy (non-hydrogen) atoms. The normalized spacial score (nSPS) is 13.6. The van der Waals surface area contributed by atoms with Gasteiger partial charge in [-0.15, -0.1) is 11.3 Å². The van der Waals surface area contributed by atoms with Gasteiger partial charge in [-0.3, -0.25) is 9.36 Å². The predicted molar refractivity (Wildman–Crippen MR) is 116 cm³/mol. The van der Waals surface area contributed by atoms with Gasteiger partial charge >= 0.3 is 0 Å². The summed E-state index contributed by atoms with van der Waals surface area (Å²) in [5, 5.41) is 1.25. The van der Waals surface area contributed by atoms with Gasteiger partial charge in [-0.25, -0.2) is 9.37 Å². The van der Waals surface area contributed by atoms with Crippen LogP contribution in [-0.2, 0) is 19.4 Å². The first-order chi connectivity index (χ1) is 14.1. The molecule has 0 spiro atoms. The Morgan fingerprint density at radius 3 is 2.76 bits per heavy atom. The van der Waals surface area contributed by atoms with Crippen molar-refractivity contribution in [2.45, 2.75) is 32.2 Å². The molecule has 0 amide bonds. The van der Waals surface area contributed by atoms with Gasteiger partial charge in [0.1, 0.15) is 16.5 Å². The first kappa shape index (κ1) is 18.5. The molecule has 1 aliphatic carbocycles. The lowest BCUT2D eigenvalue weighted by Gasteiger charge is -2.15. The minimum absolute atomic E-state index is 0.0754. The monoisotopic (exact) mass is 424 g/mol. The van der Waals surface area contributed by atoms with Gasteiger partial charge in [0.05, 0.1) is 17.0 Å². The van der Waals surface area contributed by atoms with Crippen LogP contribution < -0.4 is 5.56 Å². The number of fused-ring (bicyclic) bond motifs is 3. The molecule has 0 radical (unpaired) electrons. The van der Waals surface area contributed by atoms with Crippen LogP contribution in [0.4, 0.5) is 4.39 Å². The molecule has 2 aromatic heterocycles. The second-order valence-electron chi connectivity index (χ2n) is 7.33. The number of halogens is 2.